The highest BCUT2D eigenvalue weighted by molar-refractivity contribution is 5.44. The molecule has 3 aromatic rings. The van der Waals surface area contributed by atoms with Crippen LogP contribution in [0.5, 0.6) is 0 Å². The Labute approximate surface area is 114 Å². The molecular formula is C15H12F2N2O. The minimum Gasteiger partial charge on any atom is -0.392 e. The molecule has 0 aliphatic rings. The molecule has 0 radical (unpaired) electrons. The Kier molecular flexibility index (Phi) is 3.20. The van der Waals surface area contributed by atoms with Crippen molar-refractivity contribution in [2.24, 2.45) is 0 Å². The van der Waals surface area contributed by atoms with Gasteiger partial charge in [0.1, 0.15) is 5.65 Å². The second-order valence-electron chi connectivity index (χ2n) is 4.60. The number of nitrogens with zero attached hydrogens (tertiary/aromatic N) is 2. The second-order valence-corrected chi connectivity index (χ2v) is 4.60. The van der Waals surface area contributed by atoms with Crippen LogP contribution in [0.3, 0.4) is 0 Å². The molecule has 2 heterocycles. The summed E-state index contributed by atoms with van der Waals surface area (Å²) in [6.07, 6.45) is 3.96. The number of pyridine rings is 1. The summed E-state index contributed by atoms with van der Waals surface area (Å²) in [6.45, 7) is -0.0398. The predicted octanol–water partition coefficient (Wildman–Crippen LogP) is 2.70. The number of aromatic nitrogens is 2. The average Bonchev–Trinajstić information content (AvgIpc) is 2.85. The highest BCUT2D eigenvalue weighted by Crippen LogP contribution is 2.15. The van der Waals surface area contributed by atoms with E-state index in [1.165, 1.54) is 6.07 Å². The predicted molar refractivity (Wildman–Crippen MR) is 70.3 cm³/mol. The molecule has 0 saturated carbocycles. The Morgan fingerprint density at radius 3 is 2.65 bits per heavy atom. The van der Waals surface area contributed by atoms with Crippen LogP contribution in [0.4, 0.5) is 8.78 Å². The lowest BCUT2D eigenvalue weighted by Crippen LogP contribution is -1.97. The molecule has 5 heteroatoms. The first-order chi connectivity index (χ1) is 9.67. The number of halogens is 2. The molecule has 20 heavy (non-hydrogen) atoms. The lowest BCUT2D eigenvalue weighted by molar-refractivity contribution is 0.282. The van der Waals surface area contributed by atoms with Crippen LogP contribution >= 0.6 is 0 Å². The van der Waals surface area contributed by atoms with Crippen molar-refractivity contribution >= 4 is 5.65 Å². The quantitative estimate of drug-likeness (QED) is 0.797. The first-order valence-corrected chi connectivity index (χ1v) is 6.17. The Bertz CT molecular complexity index is 768. The van der Waals surface area contributed by atoms with Crippen LogP contribution in [-0.2, 0) is 13.0 Å². The summed E-state index contributed by atoms with van der Waals surface area (Å²) in [7, 11) is 0. The SMILES string of the molecule is OCc1ccn2c(Cc3ccc(F)c(F)c3)cnc2c1. The van der Waals surface area contributed by atoms with Gasteiger partial charge >= 0.3 is 0 Å². The molecular weight excluding hydrogens is 262 g/mol. The molecule has 3 rings (SSSR count). The molecule has 0 saturated heterocycles. The van der Waals surface area contributed by atoms with Crippen LogP contribution in [0.1, 0.15) is 16.8 Å². The standard InChI is InChI=1S/C15H12F2N2O/c16-13-2-1-10(6-14(13)17)5-12-8-18-15-7-11(9-20)3-4-19(12)15/h1-4,6-8,20H,5,9H2. The molecule has 1 N–H and O–H groups in total. The Morgan fingerprint density at radius 1 is 1.05 bits per heavy atom. The van der Waals surface area contributed by atoms with Gasteiger partial charge in [0.2, 0.25) is 0 Å². The van der Waals surface area contributed by atoms with Gasteiger partial charge in [-0.05, 0) is 35.4 Å². The van der Waals surface area contributed by atoms with Crippen molar-refractivity contribution in [2.45, 2.75) is 13.0 Å². The van der Waals surface area contributed by atoms with Crippen molar-refractivity contribution in [3.63, 3.8) is 0 Å². The third-order valence-electron chi connectivity index (χ3n) is 3.21. The summed E-state index contributed by atoms with van der Waals surface area (Å²) in [5, 5.41) is 9.08. The second kappa shape index (κ2) is 5.02. The molecule has 0 amide bonds. The molecule has 0 fully saturated rings. The maximum absolute atomic E-state index is 13.2. The van der Waals surface area contributed by atoms with Gasteiger partial charge in [0.25, 0.3) is 0 Å². The van der Waals surface area contributed by atoms with E-state index in [1.54, 1.807) is 24.4 Å². The lowest BCUT2D eigenvalue weighted by atomic mass is 10.1. The lowest BCUT2D eigenvalue weighted by Gasteiger charge is -2.04. The summed E-state index contributed by atoms with van der Waals surface area (Å²) in [4.78, 5) is 4.25. The number of hydrogen-bond acceptors (Lipinski definition) is 2. The van der Waals surface area contributed by atoms with E-state index in [4.69, 9.17) is 5.11 Å². The van der Waals surface area contributed by atoms with Crippen LogP contribution in [0.2, 0.25) is 0 Å². The fourth-order valence-corrected chi connectivity index (χ4v) is 2.16. The number of fused-ring (bicyclic) bond motifs is 1. The Morgan fingerprint density at radius 2 is 1.90 bits per heavy atom. The summed E-state index contributed by atoms with van der Waals surface area (Å²) in [6, 6.07) is 7.45. The van der Waals surface area contributed by atoms with E-state index in [2.05, 4.69) is 4.98 Å². The molecule has 2 aromatic heterocycles. The van der Waals surface area contributed by atoms with Gasteiger partial charge in [-0.25, -0.2) is 13.8 Å². The van der Waals surface area contributed by atoms with Crippen molar-refractivity contribution in [1.82, 2.24) is 9.38 Å². The first kappa shape index (κ1) is 12.7. The van der Waals surface area contributed by atoms with Crippen LogP contribution in [-0.4, -0.2) is 14.5 Å². The van der Waals surface area contributed by atoms with Gasteiger partial charge in [0, 0.05) is 24.5 Å². The van der Waals surface area contributed by atoms with Crippen LogP contribution < -0.4 is 0 Å². The van der Waals surface area contributed by atoms with Crippen molar-refractivity contribution in [3.8, 4) is 0 Å². The van der Waals surface area contributed by atoms with E-state index >= 15 is 0 Å². The highest BCUT2D eigenvalue weighted by Gasteiger charge is 2.07. The molecule has 0 aliphatic carbocycles. The summed E-state index contributed by atoms with van der Waals surface area (Å²) < 4.78 is 28.0. The zero-order chi connectivity index (χ0) is 14.1. The van der Waals surface area contributed by atoms with Gasteiger partial charge < -0.3 is 9.51 Å². The first-order valence-electron chi connectivity index (χ1n) is 6.17. The van der Waals surface area contributed by atoms with E-state index in [9.17, 15) is 8.78 Å². The Balaban J connectivity index is 1.96. The number of rotatable bonds is 3. The van der Waals surface area contributed by atoms with Gasteiger partial charge in [-0.3, -0.25) is 0 Å². The van der Waals surface area contributed by atoms with Crippen molar-refractivity contribution < 1.29 is 13.9 Å². The average molecular weight is 274 g/mol. The van der Waals surface area contributed by atoms with Gasteiger partial charge in [-0.2, -0.15) is 0 Å². The van der Waals surface area contributed by atoms with Gasteiger partial charge in [-0.15, -0.1) is 0 Å². The maximum Gasteiger partial charge on any atom is 0.159 e. The largest absolute Gasteiger partial charge is 0.392 e. The van der Waals surface area contributed by atoms with Gasteiger partial charge in [0.15, 0.2) is 11.6 Å². The van der Waals surface area contributed by atoms with Crippen LogP contribution in [0.15, 0.2) is 42.7 Å². The van der Waals surface area contributed by atoms with Crippen molar-refractivity contribution in [1.29, 1.82) is 0 Å². The van der Waals surface area contributed by atoms with E-state index in [1.807, 2.05) is 10.6 Å². The number of aliphatic hydroxyl groups excluding tert-OH is 1. The summed E-state index contributed by atoms with van der Waals surface area (Å²) >= 11 is 0. The summed E-state index contributed by atoms with van der Waals surface area (Å²) in [5.41, 5.74) is 3.05. The van der Waals surface area contributed by atoms with Crippen molar-refractivity contribution in [2.75, 3.05) is 0 Å². The number of aliphatic hydroxyl groups is 1. The molecule has 1 aromatic carbocycles. The van der Waals surface area contributed by atoms with Crippen molar-refractivity contribution in [3.05, 3.63) is 71.2 Å². The molecule has 0 atom stereocenters. The van der Waals surface area contributed by atoms with Gasteiger partial charge in [-0.1, -0.05) is 6.07 Å². The number of imidazole rings is 1. The third-order valence-corrected chi connectivity index (χ3v) is 3.21. The fraction of sp³-hybridized carbons (Fsp3) is 0.133. The zero-order valence-corrected chi connectivity index (χ0v) is 10.6. The topological polar surface area (TPSA) is 37.5 Å². The minimum absolute atomic E-state index is 0.0398. The fourth-order valence-electron chi connectivity index (χ4n) is 2.16. The van der Waals surface area contributed by atoms with Gasteiger partial charge in [0.05, 0.1) is 6.61 Å². The van der Waals surface area contributed by atoms with E-state index in [0.29, 0.717) is 17.6 Å². The molecule has 0 aliphatic heterocycles. The molecule has 102 valence electrons. The van der Waals surface area contributed by atoms with Crippen LogP contribution in [0, 0.1) is 11.6 Å². The maximum atomic E-state index is 13.2. The van der Waals surface area contributed by atoms with E-state index in [0.717, 1.165) is 17.3 Å². The molecule has 3 nitrogen and oxygen atoms in total. The molecule has 0 unspecified atom stereocenters. The monoisotopic (exact) mass is 274 g/mol. The number of benzene rings is 1. The molecule has 0 bridgehead atoms. The third kappa shape index (κ3) is 2.28. The summed E-state index contributed by atoms with van der Waals surface area (Å²) in [5.74, 6) is -1.70. The zero-order valence-electron chi connectivity index (χ0n) is 10.6. The number of hydrogen-bond donors (Lipinski definition) is 1. The molecule has 0 spiro atoms. The smallest absolute Gasteiger partial charge is 0.159 e. The minimum atomic E-state index is -0.848. The normalized spacial score (nSPS) is 11.2. The van der Waals surface area contributed by atoms with Crippen LogP contribution in [0.25, 0.3) is 5.65 Å². The van der Waals surface area contributed by atoms with E-state index in [-0.39, 0.29) is 6.61 Å². The Hall–Kier alpha value is -2.27. The van der Waals surface area contributed by atoms with E-state index < -0.39 is 11.6 Å². The highest BCUT2D eigenvalue weighted by atomic mass is 19.2.